The normalized spacial score (nSPS) is 22.4. The van der Waals surface area contributed by atoms with Gasteiger partial charge in [0.2, 0.25) is 5.91 Å². The molecule has 1 aromatic rings. The van der Waals surface area contributed by atoms with E-state index in [4.69, 9.17) is 4.74 Å². The van der Waals surface area contributed by atoms with Crippen LogP contribution in [0, 0.1) is 11.8 Å². The van der Waals surface area contributed by atoms with Gasteiger partial charge in [-0.3, -0.25) is 14.5 Å². The van der Waals surface area contributed by atoms with Crippen molar-refractivity contribution in [3.05, 3.63) is 42.3 Å². The molecule has 0 spiro atoms. The van der Waals surface area contributed by atoms with E-state index in [1.807, 2.05) is 0 Å². The van der Waals surface area contributed by atoms with Crippen LogP contribution in [0.1, 0.15) is 26.2 Å². The summed E-state index contributed by atoms with van der Waals surface area (Å²) in [5.41, 5.74) is 0.311. The van der Waals surface area contributed by atoms with E-state index >= 15 is 0 Å². The summed E-state index contributed by atoms with van der Waals surface area (Å²) in [6.07, 6.45) is 8.16. The van der Waals surface area contributed by atoms with Crippen molar-refractivity contribution < 1.29 is 23.1 Å². The predicted octanol–water partition coefficient (Wildman–Crippen LogP) is 3.01. The lowest BCUT2D eigenvalue weighted by Gasteiger charge is -2.41. The minimum Gasteiger partial charge on any atom is -0.492 e. The highest BCUT2D eigenvalue weighted by Gasteiger charge is 2.46. The maximum atomic E-state index is 14.7. The van der Waals surface area contributed by atoms with Crippen LogP contribution in [0.15, 0.2) is 42.3 Å². The van der Waals surface area contributed by atoms with Gasteiger partial charge in [0.25, 0.3) is 5.92 Å². The van der Waals surface area contributed by atoms with Gasteiger partial charge >= 0.3 is 0 Å². The number of pyridine rings is 1. The molecule has 1 aliphatic carbocycles. The number of aldehydes is 1. The van der Waals surface area contributed by atoms with Crippen LogP contribution in [-0.4, -0.2) is 60.8 Å². The van der Waals surface area contributed by atoms with Gasteiger partial charge in [-0.15, -0.1) is 0 Å². The van der Waals surface area contributed by atoms with Gasteiger partial charge in [-0.1, -0.05) is 6.08 Å². The summed E-state index contributed by atoms with van der Waals surface area (Å²) in [5.74, 6) is -2.75. The largest absolute Gasteiger partial charge is 0.492 e. The van der Waals surface area contributed by atoms with Crippen LogP contribution >= 0.6 is 0 Å². The number of allylic oxidation sites excluding steroid dienone is 2. The zero-order valence-electron chi connectivity index (χ0n) is 18.4. The van der Waals surface area contributed by atoms with Crippen molar-refractivity contribution in [1.82, 2.24) is 15.2 Å². The maximum absolute atomic E-state index is 14.7. The van der Waals surface area contributed by atoms with Gasteiger partial charge in [0.1, 0.15) is 17.9 Å². The highest BCUT2D eigenvalue weighted by atomic mass is 19.3. The van der Waals surface area contributed by atoms with E-state index in [1.54, 1.807) is 37.2 Å². The number of nitrogens with zero attached hydrogens (tertiary/aromatic N) is 2. The standard InChI is InChI=1S/C23H30F2N4O3/c1-16(22(31)28-21-8-7-19(13-27-21)32-15-17-5-6-17)29-10-9-23(24,25)20(14-29)18(12-26-2)4-3-11-30/h3-4,7-8,11-13,16-17,20,26H,5-6,9-10,14-15H2,1-2H3,(H,27,28,31)/b4-3-,18-12+. The molecule has 0 aromatic carbocycles. The molecule has 174 valence electrons. The Balaban J connectivity index is 1.62. The van der Waals surface area contributed by atoms with Gasteiger partial charge in [0.05, 0.1) is 24.8 Å². The van der Waals surface area contributed by atoms with Crippen LogP contribution in [0.25, 0.3) is 0 Å². The molecule has 1 aliphatic heterocycles. The number of halogens is 2. The van der Waals surface area contributed by atoms with Crippen LogP contribution in [0.5, 0.6) is 5.75 Å². The van der Waals surface area contributed by atoms with Crippen molar-refractivity contribution >= 4 is 18.0 Å². The van der Waals surface area contributed by atoms with Crippen molar-refractivity contribution in [2.24, 2.45) is 11.8 Å². The van der Waals surface area contributed by atoms with Crippen LogP contribution < -0.4 is 15.4 Å². The van der Waals surface area contributed by atoms with E-state index in [-0.39, 0.29) is 25.4 Å². The highest BCUT2D eigenvalue weighted by molar-refractivity contribution is 5.93. The lowest BCUT2D eigenvalue weighted by molar-refractivity contribution is -0.128. The first-order chi connectivity index (χ1) is 15.3. The molecule has 2 fully saturated rings. The molecule has 9 heteroatoms. The average Bonchev–Trinajstić information content (AvgIpc) is 3.60. The van der Waals surface area contributed by atoms with Crippen LogP contribution in [0.3, 0.4) is 0 Å². The topological polar surface area (TPSA) is 83.6 Å². The van der Waals surface area contributed by atoms with Crippen molar-refractivity contribution in [2.45, 2.75) is 38.2 Å². The Morgan fingerprint density at radius 2 is 2.19 bits per heavy atom. The third-order valence-electron chi connectivity index (χ3n) is 5.84. The van der Waals surface area contributed by atoms with Gasteiger partial charge in [-0.05, 0) is 55.7 Å². The third-order valence-corrected chi connectivity index (χ3v) is 5.84. The second kappa shape index (κ2) is 10.7. The van der Waals surface area contributed by atoms with E-state index in [2.05, 4.69) is 15.6 Å². The third kappa shape index (κ3) is 6.35. The number of likely N-dealkylation sites (tertiary alicyclic amines) is 1. The molecule has 2 unspecified atom stereocenters. The smallest absolute Gasteiger partial charge is 0.257 e. The summed E-state index contributed by atoms with van der Waals surface area (Å²) >= 11 is 0. The Morgan fingerprint density at radius 1 is 1.41 bits per heavy atom. The molecule has 1 saturated carbocycles. The molecule has 2 aliphatic rings. The van der Waals surface area contributed by atoms with E-state index in [0.29, 0.717) is 36.0 Å². The Kier molecular flexibility index (Phi) is 7.95. The molecule has 32 heavy (non-hydrogen) atoms. The van der Waals surface area contributed by atoms with Crippen molar-refractivity contribution in [1.29, 1.82) is 0 Å². The number of rotatable bonds is 10. The van der Waals surface area contributed by atoms with E-state index in [1.165, 1.54) is 31.2 Å². The number of anilines is 1. The number of piperidine rings is 1. The molecule has 2 heterocycles. The SMILES string of the molecule is CN/C=C(\C=C/C=O)C1CN(C(C)C(=O)Nc2ccc(OCC3CC3)cn2)CCC1(F)F. The number of carbonyl (C=O) groups excluding carboxylic acids is 2. The zero-order valence-corrected chi connectivity index (χ0v) is 18.4. The van der Waals surface area contributed by atoms with Gasteiger partial charge in [-0.2, -0.15) is 0 Å². The number of alkyl halides is 2. The summed E-state index contributed by atoms with van der Waals surface area (Å²) < 4.78 is 35.0. The van der Waals surface area contributed by atoms with Crippen LogP contribution in [0.2, 0.25) is 0 Å². The first-order valence-electron chi connectivity index (χ1n) is 10.8. The summed E-state index contributed by atoms with van der Waals surface area (Å²) in [6.45, 7) is 2.44. The molecule has 1 aromatic heterocycles. The molecular formula is C23H30F2N4O3. The minimum atomic E-state index is -2.94. The van der Waals surface area contributed by atoms with Gasteiger partial charge in [0.15, 0.2) is 0 Å². The fraction of sp³-hybridized carbons (Fsp3) is 0.522. The monoisotopic (exact) mass is 448 g/mol. The number of hydrogen-bond acceptors (Lipinski definition) is 6. The van der Waals surface area contributed by atoms with E-state index in [0.717, 1.165) is 0 Å². The molecule has 1 amide bonds. The van der Waals surface area contributed by atoms with Crippen molar-refractivity contribution in [2.75, 3.05) is 32.1 Å². The Morgan fingerprint density at radius 3 is 2.81 bits per heavy atom. The maximum Gasteiger partial charge on any atom is 0.257 e. The lowest BCUT2D eigenvalue weighted by atomic mass is 9.86. The van der Waals surface area contributed by atoms with Gasteiger partial charge < -0.3 is 15.4 Å². The average molecular weight is 449 g/mol. The van der Waals surface area contributed by atoms with E-state index in [9.17, 15) is 18.4 Å². The lowest BCUT2D eigenvalue weighted by Crippen LogP contribution is -2.53. The van der Waals surface area contributed by atoms with Crippen LogP contribution in [-0.2, 0) is 9.59 Å². The fourth-order valence-electron chi connectivity index (χ4n) is 3.64. The Hall–Kier alpha value is -2.81. The second-order valence-electron chi connectivity index (χ2n) is 8.29. The first kappa shape index (κ1) is 23.8. The fourth-order valence-corrected chi connectivity index (χ4v) is 3.64. The van der Waals surface area contributed by atoms with E-state index < -0.39 is 17.9 Å². The molecule has 0 bridgehead atoms. The number of amides is 1. The molecular weight excluding hydrogens is 418 g/mol. The number of hydrogen-bond donors (Lipinski definition) is 2. The molecule has 1 saturated heterocycles. The van der Waals surface area contributed by atoms with Gasteiger partial charge in [-0.25, -0.2) is 13.8 Å². The molecule has 3 rings (SSSR count). The van der Waals surface area contributed by atoms with Gasteiger partial charge in [0, 0.05) is 26.6 Å². The quantitative estimate of drug-likeness (QED) is 0.325. The Bertz CT molecular complexity index is 853. The summed E-state index contributed by atoms with van der Waals surface area (Å²) in [5, 5.41) is 5.50. The number of nitrogens with one attached hydrogen (secondary N) is 2. The zero-order chi connectivity index (χ0) is 23.1. The number of aromatic nitrogens is 1. The number of ether oxygens (including phenoxy) is 1. The molecule has 7 nitrogen and oxygen atoms in total. The molecule has 2 N–H and O–H groups in total. The summed E-state index contributed by atoms with van der Waals surface area (Å²) in [4.78, 5) is 29.4. The van der Waals surface area contributed by atoms with Crippen LogP contribution in [0.4, 0.5) is 14.6 Å². The number of carbonyl (C=O) groups is 2. The predicted molar refractivity (Wildman–Crippen MR) is 118 cm³/mol. The second-order valence-corrected chi connectivity index (χ2v) is 8.29. The highest BCUT2D eigenvalue weighted by Crippen LogP contribution is 2.39. The van der Waals surface area contributed by atoms with Crippen molar-refractivity contribution in [3.63, 3.8) is 0 Å². The van der Waals surface area contributed by atoms with Crippen molar-refractivity contribution in [3.8, 4) is 5.75 Å². The molecule has 0 radical (unpaired) electrons. The Labute approximate surface area is 186 Å². The molecule has 2 atom stereocenters. The minimum absolute atomic E-state index is 0.0142. The summed E-state index contributed by atoms with van der Waals surface area (Å²) in [6, 6.07) is 2.78. The summed E-state index contributed by atoms with van der Waals surface area (Å²) in [7, 11) is 1.61. The first-order valence-corrected chi connectivity index (χ1v) is 10.8.